The van der Waals surface area contributed by atoms with E-state index in [1.54, 1.807) is 4.90 Å². The Morgan fingerprint density at radius 1 is 1.35 bits per heavy atom. The van der Waals surface area contributed by atoms with Gasteiger partial charge in [0.2, 0.25) is 0 Å². The van der Waals surface area contributed by atoms with Gasteiger partial charge in [0, 0.05) is 18.8 Å². The van der Waals surface area contributed by atoms with Crippen molar-refractivity contribution in [2.45, 2.75) is 46.1 Å². The summed E-state index contributed by atoms with van der Waals surface area (Å²) in [5, 5.41) is 9.14. The standard InChI is InChI=1S/C15H22N2O3/c1-4-5-6-10-17(11(2)3)14(18)13-12(15(19)20)8-7-9-16-13/h7-9,11H,4-6,10H2,1-3H3,(H,19,20). The van der Waals surface area contributed by atoms with E-state index in [-0.39, 0.29) is 23.2 Å². The van der Waals surface area contributed by atoms with E-state index in [0.29, 0.717) is 6.54 Å². The molecule has 0 aliphatic carbocycles. The van der Waals surface area contributed by atoms with E-state index in [9.17, 15) is 9.59 Å². The largest absolute Gasteiger partial charge is 0.478 e. The molecule has 0 unspecified atom stereocenters. The smallest absolute Gasteiger partial charge is 0.338 e. The highest BCUT2D eigenvalue weighted by molar-refractivity contribution is 6.03. The summed E-state index contributed by atoms with van der Waals surface area (Å²) in [6, 6.07) is 2.95. The van der Waals surface area contributed by atoms with Gasteiger partial charge in [-0.2, -0.15) is 0 Å². The van der Waals surface area contributed by atoms with Gasteiger partial charge in [0.25, 0.3) is 5.91 Å². The van der Waals surface area contributed by atoms with Gasteiger partial charge in [-0.25, -0.2) is 4.79 Å². The normalized spacial score (nSPS) is 10.6. The van der Waals surface area contributed by atoms with Crippen LogP contribution >= 0.6 is 0 Å². The highest BCUT2D eigenvalue weighted by atomic mass is 16.4. The van der Waals surface area contributed by atoms with Gasteiger partial charge >= 0.3 is 5.97 Å². The average molecular weight is 278 g/mol. The quantitative estimate of drug-likeness (QED) is 0.778. The Kier molecular flexibility index (Phi) is 6.15. The number of carbonyl (C=O) groups is 2. The third-order valence-corrected chi connectivity index (χ3v) is 3.13. The summed E-state index contributed by atoms with van der Waals surface area (Å²) in [5.41, 5.74) is -0.0242. The summed E-state index contributed by atoms with van der Waals surface area (Å²) in [6.45, 7) is 6.57. The molecule has 1 aromatic heterocycles. The maximum Gasteiger partial charge on any atom is 0.338 e. The Morgan fingerprint density at radius 2 is 2.05 bits per heavy atom. The van der Waals surface area contributed by atoms with Crippen molar-refractivity contribution in [2.75, 3.05) is 6.54 Å². The van der Waals surface area contributed by atoms with E-state index < -0.39 is 5.97 Å². The van der Waals surface area contributed by atoms with Crippen LogP contribution in [0.15, 0.2) is 18.3 Å². The molecule has 0 saturated carbocycles. The van der Waals surface area contributed by atoms with Crippen molar-refractivity contribution >= 4 is 11.9 Å². The number of carboxylic acid groups (broad SMARTS) is 1. The Labute approximate surface area is 119 Å². The van der Waals surface area contributed by atoms with Crippen LogP contribution in [-0.2, 0) is 0 Å². The molecule has 1 amide bonds. The molecule has 1 heterocycles. The molecule has 0 radical (unpaired) electrons. The molecule has 0 spiro atoms. The van der Waals surface area contributed by atoms with Gasteiger partial charge in [-0.05, 0) is 32.4 Å². The van der Waals surface area contributed by atoms with E-state index in [2.05, 4.69) is 11.9 Å². The number of nitrogens with zero attached hydrogens (tertiary/aromatic N) is 2. The van der Waals surface area contributed by atoms with Gasteiger partial charge in [0.05, 0.1) is 5.56 Å². The topological polar surface area (TPSA) is 70.5 Å². The highest BCUT2D eigenvalue weighted by Gasteiger charge is 2.24. The summed E-state index contributed by atoms with van der Waals surface area (Å²) >= 11 is 0. The minimum atomic E-state index is -1.13. The van der Waals surface area contributed by atoms with Crippen molar-refractivity contribution in [2.24, 2.45) is 0 Å². The Hall–Kier alpha value is -1.91. The molecule has 1 rings (SSSR count). The number of aromatic carboxylic acids is 1. The summed E-state index contributed by atoms with van der Waals surface area (Å²) in [5.74, 6) is -1.44. The molecule has 1 aromatic rings. The zero-order valence-corrected chi connectivity index (χ0v) is 12.3. The number of unbranched alkanes of at least 4 members (excludes halogenated alkanes) is 2. The molecule has 5 heteroatoms. The molecule has 0 atom stereocenters. The summed E-state index contributed by atoms with van der Waals surface area (Å²) in [7, 11) is 0. The lowest BCUT2D eigenvalue weighted by Crippen LogP contribution is -2.39. The lowest BCUT2D eigenvalue weighted by molar-refractivity contribution is 0.0651. The van der Waals surface area contributed by atoms with Crippen LogP contribution in [0.2, 0.25) is 0 Å². The predicted octanol–water partition coefficient (Wildman–Crippen LogP) is 2.82. The maximum atomic E-state index is 12.5. The second-order valence-corrected chi connectivity index (χ2v) is 5.00. The zero-order valence-electron chi connectivity index (χ0n) is 12.3. The predicted molar refractivity (Wildman–Crippen MR) is 76.9 cm³/mol. The van der Waals surface area contributed by atoms with E-state index in [0.717, 1.165) is 19.3 Å². The minimum absolute atomic E-state index is 0.0167. The molecule has 0 aromatic carbocycles. The maximum absolute atomic E-state index is 12.5. The van der Waals surface area contributed by atoms with Crippen molar-refractivity contribution in [3.05, 3.63) is 29.6 Å². The number of hydrogen-bond donors (Lipinski definition) is 1. The number of pyridine rings is 1. The molecule has 20 heavy (non-hydrogen) atoms. The van der Waals surface area contributed by atoms with Gasteiger partial charge in [0.15, 0.2) is 0 Å². The Bertz CT molecular complexity index is 472. The average Bonchev–Trinajstić information content (AvgIpc) is 2.42. The fourth-order valence-electron chi connectivity index (χ4n) is 2.01. The van der Waals surface area contributed by atoms with Gasteiger partial charge in [-0.1, -0.05) is 19.8 Å². The number of carbonyl (C=O) groups excluding carboxylic acids is 1. The summed E-state index contributed by atoms with van der Waals surface area (Å²) < 4.78 is 0. The van der Waals surface area contributed by atoms with Gasteiger partial charge < -0.3 is 10.0 Å². The summed E-state index contributed by atoms with van der Waals surface area (Å²) in [6.07, 6.45) is 4.48. The second kappa shape index (κ2) is 7.62. The Morgan fingerprint density at radius 3 is 2.60 bits per heavy atom. The lowest BCUT2D eigenvalue weighted by atomic mass is 10.1. The van der Waals surface area contributed by atoms with Crippen LogP contribution in [0.25, 0.3) is 0 Å². The Balaban J connectivity index is 2.97. The minimum Gasteiger partial charge on any atom is -0.478 e. The molecule has 0 aliphatic heterocycles. The van der Waals surface area contributed by atoms with Gasteiger partial charge in [-0.3, -0.25) is 9.78 Å². The molecule has 1 N–H and O–H groups in total. The van der Waals surface area contributed by atoms with Crippen molar-refractivity contribution in [1.29, 1.82) is 0 Å². The first kappa shape index (κ1) is 16.1. The molecule has 5 nitrogen and oxygen atoms in total. The van der Waals surface area contributed by atoms with E-state index in [1.807, 2.05) is 13.8 Å². The van der Waals surface area contributed by atoms with Crippen molar-refractivity contribution < 1.29 is 14.7 Å². The van der Waals surface area contributed by atoms with Crippen molar-refractivity contribution in [1.82, 2.24) is 9.88 Å². The van der Waals surface area contributed by atoms with E-state index in [1.165, 1.54) is 18.3 Å². The molecular weight excluding hydrogens is 256 g/mol. The van der Waals surface area contributed by atoms with Gasteiger partial charge in [-0.15, -0.1) is 0 Å². The first-order chi connectivity index (χ1) is 9.49. The lowest BCUT2D eigenvalue weighted by Gasteiger charge is -2.26. The number of aromatic nitrogens is 1. The fourth-order valence-corrected chi connectivity index (χ4v) is 2.01. The van der Waals surface area contributed by atoms with Gasteiger partial charge in [0.1, 0.15) is 5.69 Å². The van der Waals surface area contributed by atoms with Crippen LogP contribution in [-0.4, -0.2) is 39.5 Å². The third kappa shape index (κ3) is 4.05. The monoisotopic (exact) mass is 278 g/mol. The van der Waals surface area contributed by atoms with Crippen molar-refractivity contribution in [3.8, 4) is 0 Å². The first-order valence-electron chi connectivity index (χ1n) is 6.98. The number of amides is 1. The third-order valence-electron chi connectivity index (χ3n) is 3.13. The summed E-state index contributed by atoms with van der Waals surface area (Å²) in [4.78, 5) is 29.3. The molecule has 0 aliphatic rings. The first-order valence-corrected chi connectivity index (χ1v) is 6.98. The van der Waals surface area contributed by atoms with Crippen LogP contribution in [0.3, 0.4) is 0 Å². The van der Waals surface area contributed by atoms with Crippen LogP contribution in [0.1, 0.15) is 60.9 Å². The number of carboxylic acids is 1. The van der Waals surface area contributed by atoms with E-state index in [4.69, 9.17) is 5.11 Å². The molecular formula is C15H22N2O3. The number of hydrogen-bond acceptors (Lipinski definition) is 3. The van der Waals surface area contributed by atoms with Crippen LogP contribution < -0.4 is 0 Å². The molecule has 0 saturated heterocycles. The molecule has 110 valence electrons. The van der Waals surface area contributed by atoms with E-state index >= 15 is 0 Å². The van der Waals surface area contributed by atoms with Crippen molar-refractivity contribution in [3.63, 3.8) is 0 Å². The zero-order chi connectivity index (χ0) is 15.1. The van der Waals surface area contributed by atoms with Crippen LogP contribution in [0.5, 0.6) is 0 Å². The van der Waals surface area contributed by atoms with Crippen LogP contribution in [0.4, 0.5) is 0 Å². The second-order valence-electron chi connectivity index (χ2n) is 5.00. The van der Waals surface area contributed by atoms with Crippen LogP contribution in [0, 0.1) is 0 Å². The molecule has 0 fully saturated rings. The highest BCUT2D eigenvalue weighted by Crippen LogP contribution is 2.13. The molecule has 0 bridgehead atoms. The SMILES string of the molecule is CCCCCN(C(=O)c1ncccc1C(=O)O)C(C)C. The number of rotatable bonds is 7. The fraction of sp³-hybridized carbons (Fsp3) is 0.533.